The van der Waals surface area contributed by atoms with Gasteiger partial charge in [-0.05, 0) is 24.1 Å². The Labute approximate surface area is 142 Å². The fraction of sp³-hybridized carbons (Fsp3) is 0.238. The summed E-state index contributed by atoms with van der Waals surface area (Å²) in [5, 5.41) is 0. The van der Waals surface area contributed by atoms with Gasteiger partial charge in [-0.15, -0.1) is 5.92 Å². The van der Waals surface area contributed by atoms with E-state index in [2.05, 4.69) is 30.9 Å². The zero-order chi connectivity index (χ0) is 16.9. The lowest BCUT2D eigenvalue weighted by Crippen LogP contribution is -2.30. The minimum atomic E-state index is -0.215. The van der Waals surface area contributed by atoms with Crippen LogP contribution < -0.4 is 0 Å². The first-order chi connectivity index (χ1) is 11.7. The summed E-state index contributed by atoms with van der Waals surface area (Å²) in [6.07, 6.45) is 1.43. The van der Waals surface area contributed by atoms with E-state index >= 15 is 0 Å². The highest BCUT2D eigenvalue weighted by atomic mass is 16.2. The maximum atomic E-state index is 12.3. The van der Waals surface area contributed by atoms with Gasteiger partial charge in [0, 0.05) is 18.9 Å². The van der Waals surface area contributed by atoms with Crippen LogP contribution in [0.4, 0.5) is 0 Å². The van der Waals surface area contributed by atoms with Crippen LogP contribution in [-0.4, -0.2) is 23.3 Å². The molecule has 1 atom stereocenters. The Hall–Kier alpha value is -2.86. The van der Waals surface area contributed by atoms with Crippen molar-refractivity contribution in [2.45, 2.75) is 25.7 Å². The maximum absolute atomic E-state index is 12.3. The Morgan fingerprint density at radius 2 is 1.50 bits per heavy atom. The van der Waals surface area contributed by atoms with Crippen molar-refractivity contribution in [1.82, 2.24) is 4.90 Å². The second kappa shape index (κ2) is 7.14. The fourth-order valence-electron chi connectivity index (χ4n) is 2.91. The summed E-state index contributed by atoms with van der Waals surface area (Å²) in [5.41, 5.74) is 2.19. The van der Waals surface area contributed by atoms with Crippen molar-refractivity contribution < 1.29 is 9.59 Å². The van der Waals surface area contributed by atoms with Gasteiger partial charge in [-0.3, -0.25) is 14.5 Å². The van der Waals surface area contributed by atoms with Crippen LogP contribution in [0, 0.1) is 11.8 Å². The Bertz CT molecular complexity index is 779. The van der Waals surface area contributed by atoms with Crippen molar-refractivity contribution in [2.24, 2.45) is 0 Å². The number of hydrogen-bond acceptors (Lipinski definition) is 2. The van der Waals surface area contributed by atoms with E-state index in [-0.39, 0.29) is 17.7 Å². The molecule has 0 radical (unpaired) electrons. The summed E-state index contributed by atoms with van der Waals surface area (Å²) in [4.78, 5) is 25.8. The molecule has 3 heteroatoms. The molecule has 0 bridgehead atoms. The molecule has 0 aromatic heterocycles. The molecule has 0 N–H and O–H groups in total. The highest BCUT2D eigenvalue weighted by Crippen LogP contribution is 2.22. The third kappa shape index (κ3) is 3.09. The minimum absolute atomic E-state index is 0.188. The molecule has 1 heterocycles. The number of carbonyl (C=O) groups is 2. The third-order valence-electron chi connectivity index (χ3n) is 4.23. The van der Waals surface area contributed by atoms with Crippen molar-refractivity contribution in [3.05, 3.63) is 71.3 Å². The quantitative estimate of drug-likeness (QED) is 0.634. The molecule has 2 aromatic carbocycles. The summed E-state index contributed by atoms with van der Waals surface area (Å²) >= 11 is 0. The SMILES string of the molecule is CC[C@@H](C#CCCN1C(=O)c2ccccc2C1=O)c1ccccc1. The van der Waals surface area contributed by atoms with Gasteiger partial charge in [0.25, 0.3) is 11.8 Å². The first-order valence-electron chi connectivity index (χ1n) is 8.21. The first kappa shape index (κ1) is 16.0. The molecular formula is C21H19NO2. The van der Waals surface area contributed by atoms with Gasteiger partial charge < -0.3 is 0 Å². The van der Waals surface area contributed by atoms with E-state index in [1.807, 2.05) is 18.2 Å². The largest absolute Gasteiger partial charge is 0.273 e. The van der Waals surface area contributed by atoms with Crippen LogP contribution >= 0.6 is 0 Å². The minimum Gasteiger partial charge on any atom is -0.273 e. The monoisotopic (exact) mass is 317 g/mol. The van der Waals surface area contributed by atoms with Crippen molar-refractivity contribution >= 4 is 11.8 Å². The molecule has 120 valence electrons. The fourth-order valence-corrected chi connectivity index (χ4v) is 2.91. The smallest absolute Gasteiger partial charge is 0.261 e. The summed E-state index contributed by atoms with van der Waals surface area (Å²) in [7, 11) is 0. The first-order valence-corrected chi connectivity index (χ1v) is 8.21. The van der Waals surface area contributed by atoms with Gasteiger partial charge in [0.2, 0.25) is 0 Å². The summed E-state index contributed by atoms with van der Waals surface area (Å²) < 4.78 is 0. The van der Waals surface area contributed by atoms with Crippen LogP contribution in [0.3, 0.4) is 0 Å². The molecule has 3 rings (SSSR count). The highest BCUT2D eigenvalue weighted by molar-refractivity contribution is 6.21. The number of hydrogen-bond donors (Lipinski definition) is 0. The van der Waals surface area contributed by atoms with Crippen molar-refractivity contribution in [3.8, 4) is 11.8 Å². The van der Waals surface area contributed by atoms with E-state index in [9.17, 15) is 9.59 Å². The van der Waals surface area contributed by atoms with E-state index < -0.39 is 0 Å². The summed E-state index contributed by atoms with van der Waals surface area (Å²) in [6.45, 7) is 2.45. The molecule has 0 aliphatic carbocycles. The van der Waals surface area contributed by atoms with Gasteiger partial charge in [-0.2, -0.15) is 0 Å². The number of fused-ring (bicyclic) bond motifs is 1. The lowest BCUT2D eigenvalue weighted by atomic mass is 9.97. The van der Waals surface area contributed by atoms with Gasteiger partial charge >= 0.3 is 0 Å². The van der Waals surface area contributed by atoms with Crippen LogP contribution in [0.25, 0.3) is 0 Å². The summed E-state index contributed by atoms with van der Waals surface area (Å²) in [6, 6.07) is 17.1. The molecular weight excluding hydrogens is 298 g/mol. The molecule has 3 nitrogen and oxygen atoms in total. The van der Waals surface area contributed by atoms with Gasteiger partial charge in [0.15, 0.2) is 0 Å². The van der Waals surface area contributed by atoms with Crippen LogP contribution in [0.15, 0.2) is 54.6 Å². The molecule has 0 fully saturated rings. The molecule has 0 saturated heterocycles. The van der Waals surface area contributed by atoms with E-state index in [4.69, 9.17) is 0 Å². The molecule has 24 heavy (non-hydrogen) atoms. The molecule has 1 aliphatic heterocycles. The second-order valence-electron chi connectivity index (χ2n) is 5.75. The average Bonchev–Trinajstić information content (AvgIpc) is 2.87. The van der Waals surface area contributed by atoms with Crippen molar-refractivity contribution in [3.63, 3.8) is 0 Å². The Balaban J connectivity index is 1.64. The number of amides is 2. The van der Waals surface area contributed by atoms with Crippen molar-refractivity contribution in [2.75, 3.05) is 6.54 Å². The number of rotatable bonds is 4. The standard InChI is InChI=1S/C21H19NO2/c1-2-16(17-11-4-3-5-12-17)10-8-9-15-22-20(23)18-13-6-7-14-19(18)21(22)24/h3-7,11-14,16H,2,9,15H2,1H3/t16-/m0/s1. The Morgan fingerprint density at radius 3 is 2.08 bits per heavy atom. The molecule has 0 saturated carbocycles. The zero-order valence-corrected chi connectivity index (χ0v) is 13.7. The van der Waals surface area contributed by atoms with Crippen LogP contribution in [0.2, 0.25) is 0 Å². The van der Waals surface area contributed by atoms with E-state index in [0.717, 1.165) is 6.42 Å². The molecule has 0 unspecified atom stereocenters. The molecule has 1 aliphatic rings. The lowest BCUT2D eigenvalue weighted by molar-refractivity contribution is 0.0658. The Morgan fingerprint density at radius 1 is 0.917 bits per heavy atom. The number of carbonyl (C=O) groups excluding carboxylic acids is 2. The van der Waals surface area contributed by atoms with Gasteiger partial charge in [-0.25, -0.2) is 0 Å². The number of benzene rings is 2. The normalized spacial score (nSPS) is 14.1. The topological polar surface area (TPSA) is 37.4 Å². The molecule has 0 spiro atoms. The third-order valence-corrected chi connectivity index (χ3v) is 4.23. The second-order valence-corrected chi connectivity index (χ2v) is 5.75. The zero-order valence-electron chi connectivity index (χ0n) is 13.7. The Kier molecular flexibility index (Phi) is 4.77. The van der Waals surface area contributed by atoms with Gasteiger partial charge in [-0.1, -0.05) is 55.3 Å². The predicted molar refractivity (Wildman–Crippen MR) is 93.7 cm³/mol. The number of imide groups is 1. The summed E-state index contributed by atoms with van der Waals surface area (Å²) in [5.74, 6) is 6.15. The lowest BCUT2D eigenvalue weighted by Gasteiger charge is -2.11. The van der Waals surface area contributed by atoms with E-state index in [1.165, 1.54) is 10.5 Å². The van der Waals surface area contributed by atoms with Crippen LogP contribution in [0.5, 0.6) is 0 Å². The predicted octanol–water partition coefficient (Wildman–Crippen LogP) is 3.87. The van der Waals surface area contributed by atoms with Crippen LogP contribution in [0.1, 0.15) is 52.0 Å². The maximum Gasteiger partial charge on any atom is 0.261 e. The number of nitrogens with zero attached hydrogens (tertiary/aromatic N) is 1. The van der Waals surface area contributed by atoms with E-state index in [1.54, 1.807) is 24.3 Å². The van der Waals surface area contributed by atoms with Gasteiger partial charge in [0.05, 0.1) is 11.1 Å². The van der Waals surface area contributed by atoms with E-state index in [0.29, 0.717) is 24.1 Å². The van der Waals surface area contributed by atoms with Crippen molar-refractivity contribution in [1.29, 1.82) is 0 Å². The molecule has 2 amide bonds. The van der Waals surface area contributed by atoms with Gasteiger partial charge in [0.1, 0.15) is 0 Å². The average molecular weight is 317 g/mol. The molecule has 2 aromatic rings. The highest BCUT2D eigenvalue weighted by Gasteiger charge is 2.34. The van der Waals surface area contributed by atoms with Crippen LogP contribution in [-0.2, 0) is 0 Å².